The number of rotatable bonds is 7. The van der Waals surface area contributed by atoms with Crippen LogP contribution in [0.15, 0.2) is 72.9 Å². The predicted molar refractivity (Wildman–Crippen MR) is 96.7 cm³/mol. The first-order valence-corrected chi connectivity index (χ1v) is 8.17. The summed E-state index contributed by atoms with van der Waals surface area (Å²) in [6.07, 6.45) is 1.82. The van der Waals surface area contributed by atoms with E-state index in [0.29, 0.717) is 6.61 Å². The van der Waals surface area contributed by atoms with Gasteiger partial charge in [0.2, 0.25) is 0 Å². The third kappa shape index (κ3) is 4.93. The van der Waals surface area contributed by atoms with Crippen molar-refractivity contribution in [1.82, 2.24) is 10.3 Å². The molecule has 2 aromatic carbocycles. The fourth-order valence-corrected chi connectivity index (χ4v) is 2.55. The molecule has 1 N–H and O–H groups in total. The van der Waals surface area contributed by atoms with Crippen molar-refractivity contribution < 1.29 is 4.74 Å². The van der Waals surface area contributed by atoms with Crippen LogP contribution in [0.1, 0.15) is 22.4 Å². The summed E-state index contributed by atoms with van der Waals surface area (Å²) in [5.41, 5.74) is 4.69. The Bertz CT molecular complexity index is 772. The lowest BCUT2D eigenvalue weighted by Gasteiger charge is -2.09. The zero-order valence-electron chi connectivity index (χ0n) is 13.9. The van der Waals surface area contributed by atoms with E-state index in [4.69, 9.17) is 4.74 Å². The van der Waals surface area contributed by atoms with E-state index >= 15 is 0 Å². The molecule has 0 bridgehead atoms. The standard InChI is InChI=1S/C21H22N2O/c1-17-6-4-8-19(12-17)16-24-21-10-5-7-18(13-21)14-22-15-20-9-2-3-11-23-20/h2-13,22H,14-16H2,1H3. The molecule has 3 rings (SSSR count). The molecule has 0 radical (unpaired) electrons. The van der Waals surface area contributed by atoms with Crippen molar-refractivity contribution in [3.8, 4) is 5.75 Å². The van der Waals surface area contributed by atoms with E-state index in [1.54, 1.807) is 0 Å². The molecule has 3 nitrogen and oxygen atoms in total. The zero-order chi connectivity index (χ0) is 16.6. The highest BCUT2D eigenvalue weighted by atomic mass is 16.5. The number of aryl methyl sites for hydroxylation is 1. The van der Waals surface area contributed by atoms with Gasteiger partial charge < -0.3 is 10.1 Å². The maximum atomic E-state index is 5.91. The first-order chi connectivity index (χ1) is 11.8. The van der Waals surface area contributed by atoms with Crippen molar-refractivity contribution in [3.05, 3.63) is 95.3 Å². The number of pyridine rings is 1. The van der Waals surface area contributed by atoms with Crippen molar-refractivity contribution in [3.63, 3.8) is 0 Å². The molecule has 0 saturated carbocycles. The van der Waals surface area contributed by atoms with Gasteiger partial charge in [-0.3, -0.25) is 4.98 Å². The van der Waals surface area contributed by atoms with Gasteiger partial charge in [-0.25, -0.2) is 0 Å². The van der Waals surface area contributed by atoms with E-state index in [-0.39, 0.29) is 0 Å². The summed E-state index contributed by atoms with van der Waals surface area (Å²) in [6, 6.07) is 22.6. The minimum Gasteiger partial charge on any atom is -0.489 e. The van der Waals surface area contributed by atoms with Crippen molar-refractivity contribution in [2.45, 2.75) is 26.6 Å². The lowest BCUT2D eigenvalue weighted by molar-refractivity contribution is 0.306. The summed E-state index contributed by atoms with van der Waals surface area (Å²) in [7, 11) is 0. The molecule has 0 fully saturated rings. The van der Waals surface area contributed by atoms with E-state index in [1.807, 2.05) is 36.5 Å². The van der Waals surface area contributed by atoms with E-state index in [9.17, 15) is 0 Å². The van der Waals surface area contributed by atoms with Crippen LogP contribution in [0.3, 0.4) is 0 Å². The molecule has 0 atom stereocenters. The molecule has 1 heterocycles. The fraction of sp³-hybridized carbons (Fsp3) is 0.190. The molecular weight excluding hydrogens is 296 g/mol. The third-order valence-electron chi connectivity index (χ3n) is 3.75. The molecule has 0 amide bonds. The van der Waals surface area contributed by atoms with Gasteiger partial charge in [0.15, 0.2) is 0 Å². The Hall–Kier alpha value is -2.65. The highest BCUT2D eigenvalue weighted by Crippen LogP contribution is 2.16. The molecule has 0 saturated heterocycles. The van der Waals surface area contributed by atoms with Crippen LogP contribution in [0.2, 0.25) is 0 Å². The molecule has 0 unspecified atom stereocenters. The van der Waals surface area contributed by atoms with E-state index in [2.05, 4.69) is 53.6 Å². The molecule has 0 aliphatic carbocycles. The smallest absolute Gasteiger partial charge is 0.120 e. The SMILES string of the molecule is Cc1cccc(COc2cccc(CNCc3ccccn3)c2)c1. The highest BCUT2D eigenvalue weighted by molar-refractivity contribution is 5.29. The van der Waals surface area contributed by atoms with Crippen molar-refractivity contribution in [1.29, 1.82) is 0 Å². The maximum absolute atomic E-state index is 5.91. The summed E-state index contributed by atoms with van der Waals surface area (Å²) >= 11 is 0. The Morgan fingerprint density at radius 1 is 0.875 bits per heavy atom. The normalized spacial score (nSPS) is 10.5. The monoisotopic (exact) mass is 318 g/mol. The summed E-state index contributed by atoms with van der Waals surface area (Å²) < 4.78 is 5.91. The minimum absolute atomic E-state index is 0.590. The second-order valence-corrected chi connectivity index (χ2v) is 5.85. The van der Waals surface area contributed by atoms with Crippen LogP contribution >= 0.6 is 0 Å². The number of hydrogen-bond acceptors (Lipinski definition) is 3. The van der Waals surface area contributed by atoms with Crippen molar-refractivity contribution in [2.75, 3.05) is 0 Å². The second-order valence-electron chi connectivity index (χ2n) is 5.85. The summed E-state index contributed by atoms with van der Waals surface area (Å²) in [4.78, 5) is 4.31. The highest BCUT2D eigenvalue weighted by Gasteiger charge is 2.00. The van der Waals surface area contributed by atoms with Crippen LogP contribution in [-0.4, -0.2) is 4.98 Å². The Morgan fingerprint density at radius 3 is 2.58 bits per heavy atom. The average molecular weight is 318 g/mol. The van der Waals surface area contributed by atoms with E-state index in [0.717, 1.165) is 24.5 Å². The lowest BCUT2D eigenvalue weighted by Crippen LogP contribution is -2.13. The number of hydrogen-bond donors (Lipinski definition) is 1. The van der Waals surface area contributed by atoms with Gasteiger partial charge in [0, 0.05) is 19.3 Å². The Balaban J connectivity index is 1.52. The summed E-state index contributed by atoms with van der Waals surface area (Å²) in [5, 5.41) is 3.41. The predicted octanol–water partition coefficient (Wildman–Crippen LogP) is 4.26. The average Bonchev–Trinajstić information content (AvgIpc) is 2.61. The topological polar surface area (TPSA) is 34.1 Å². The number of aromatic nitrogens is 1. The van der Waals surface area contributed by atoms with Crippen LogP contribution < -0.4 is 10.1 Å². The molecule has 1 aromatic heterocycles. The quantitative estimate of drug-likeness (QED) is 0.707. The van der Waals surface area contributed by atoms with Gasteiger partial charge in [0.25, 0.3) is 0 Å². The minimum atomic E-state index is 0.590. The molecule has 0 aliphatic rings. The van der Waals surface area contributed by atoms with Crippen LogP contribution in [0.4, 0.5) is 0 Å². The van der Waals surface area contributed by atoms with Gasteiger partial charge in [0.1, 0.15) is 12.4 Å². The Morgan fingerprint density at radius 2 is 1.75 bits per heavy atom. The number of nitrogens with zero attached hydrogens (tertiary/aromatic N) is 1. The van der Waals surface area contributed by atoms with E-state index < -0.39 is 0 Å². The molecule has 122 valence electrons. The third-order valence-corrected chi connectivity index (χ3v) is 3.75. The van der Waals surface area contributed by atoms with Crippen LogP contribution in [-0.2, 0) is 19.7 Å². The van der Waals surface area contributed by atoms with Crippen LogP contribution in [0.25, 0.3) is 0 Å². The Kier molecular flexibility index (Phi) is 5.59. The van der Waals surface area contributed by atoms with E-state index in [1.165, 1.54) is 16.7 Å². The lowest BCUT2D eigenvalue weighted by atomic mass is 10.1. The van der Waals surface area contributed by atoms with Gasteiger partial charge in [-0.05, 0) is 42.3 Å². The van der Waals surface area contributed by atoms with Crippen molar-refractivity contribution in [2.24, 2.45) is 0 Å². The molecule has 0 spiro atoms. The van der Waals surface area contributed by atoms with Gasteiger partial charge in [-0.2, -0.15) is 0 Å². The van der Waals surface area contributed by atoms with Crippen LogP contribution in [0, 0.1) is 6.92 Å². The molecule has 24 heavy (non-hydrogen) atoms. The van der Waals surface area contributed by atoms with Gasteiger partial charge in [0.05, 0.1) is 5.69 Å². The Labute approximate surface area is 143 Å². The summed E-state index contributed by atoms with van der Waals surface area (Å²) in [6.45, 7) is 4.23. The fourth-order valence-electron chi connectivity index (χ4n) is 2.55. The summed E-state index contributed by atoms with van der Waals surface area (Å²) in [5.74, 6) is 0.897. The second kappa shape index (κ2) is 8.27. The maximum Gasteiger partial charge on any atom is 0.120 e. The first kappa shape index (κ1) is 16.2. The molecule has 3 aromatic rings. The number of benzene rings is 2. The van der Waals surface area contributed by atoms with Gasteiger partial charge in [-0.15, -0.1) is 0 Å². The molecule has 0 aliphatic heterocycles. The molecule has 3 heteroatoms. The molecular formula is C21H22N2O. The zero-order valence-corrected chi connectivity index (χ0v) is 13.9. The first-order valence-electron chi connectivity index (χ1n) is 8.17. The largest absolute Gasteiger partial charge is 0.489 e. The number of ether oxygens (including phenoxy) is 1. The van der Waals surface area contributed by atoms with Gasteiger partial charge in [-0.1, -0.05) is 48.0 Å². The van der Waals surface area contributed by atoms with Gasteiger partial charge >= 0.3 is 0 Å². The van der Waals surface area contributed by atoms with Crippen molar-refractivity contribution >= 4 is 0 Å². The van der Waals surface area contributed by atoms with Crippen LogP contribution in [0.5, 0.6) is 5.75 Å². The number of nitrogens with one attached hydrogen (secondary N) is 1.